The molecule has 4 heteroatoms. The lowest BCUT2D eigenvalue weighted by molar-refractivity contribution is -0.120. The maximum Gasteiger partial charge on any atom is 0.233 e. The van der Waals surface area contributed by atoms with Crippen LogP contribution in [0.4, 0.5) is 0 Å². The number of thioether (sulfide) groups is 1. The van der Waals surface area contributed by atoms with Gasteiger partial charge in [-0.2, -0.15) is 0 Å². The van der Waals surface area contributed by atoms with Gasteiger partial charge >= 0.3 is 0 Å². The monoisotopic (exact) mass is 266 g/mol. The van der Waals surface area contributed by atoms with Gasteiger partial charge in [-0.25, -0.2) is 0 Å². The van der Waals surface area contributed by atoms with Gasteiger partial charge in [-0.1, -0.05) is 19.1 Å². The predicted molar refractivity (Wildman–Crippen MR) is 77.8 cm³/mol. The van der Waals surface area contributed by atoms with Crippen LogP contribution in [0.2, 0.25) is 0 Å². The maximum atomic E-state index is 11.8. The Morgan fingerprint density at radius 3 is 2.89 bits per heavy atom. The maximum absolute atomic E-state index is 11.8. The van der Waals surface area contributed by atoms with E-state index < -0.39 is 0 Å². The smallest absolute Gasteiger partial charge is 0.233 e. The Labute approximate surface area is 114 Å². The molecule has 1 aromatic carbocycles. The summed E-state index contributed by atoms with van der Waals surface area (Å²) in [4.78, 5) is 12.9. The zero-order chi connectivity index (χ0) is 13.4. The summed E-state index contributed by atoms with van der Waals surface area (Å²) in [6.07, 6.45) is 0.973. The van der Waals surface area contributed by atoms with E-state index in [4.69, 9.17) is 0 Å². The van der Waals surface area contributed by atoms with Gasteiger partial charge in [0.2, 0.25) is 5.91 Å². The van der Waals surface area contributed by atoms with Crippen molar-refractivity contribution in [2.24, 2.45) is 0 Å². The van der Waals surface area contributed by atoms with E-state index in [-0.39, 0.29) is 11.2 Å². The zero-order valence-electron chi connectivity index (χ0n) is 11.3. The Bertz CT molecular complexity index is 382. The van der Waals surface area contributed by atoms with E-state index in [0.29, 0.717) is 0 Å². The first kappa shape index (κ1) is 15.1. The van der Waals surface area contributed by atoms with Crippen molar-refractivity contribution in [1.82, 2.24) is 10.6 Å². The standard InChI is InChI=1S/C14H22N2OS/c1-4-8-16-14(17)11(2)18-13-7-5-6-12(9-13)10-15-3/h5-7,9,11,15H,4,8,10H2,1-3H3,(H,16,17). The van der Waals surface area contributed by atoms with Crippen LogP contribution in [-0.2, 0) is 11.3 Å². The lowest BCUT2D eigenvalue weighted by atomic mass is 10.2. The van der Waals surface area contributed by atoms with E-state index in [1.165, 1.54) is 5.56 Å². The summed E-state index contributed by atoms with van der Waals surface area (Å²) in [5.41, 5.74) is 1.24. The summed E-state index contributed by atoms with van der Waals surface area (Å²) in [5.74, 6) is 0.112. The number of hydrogen-bond acceptors (Lipinski definition) is 3. The van der Waals surface area contributed by atoms with E-state index in [0.717, 1.165) is 24.4 Å². The van der Waals surface area contributed by atoms with Crippen LogP contribution in [0.5, 0.6) is 0 Å². The number of carbonyl (C=O) groups is 1. The third-order valence-electron chi connectivity index (χ3n) is 2.51. The lowest BCUT2D eigenvalue weighted by Gasteiger charge is -2.12. The minimum Gasteiger partial charge on any atom is -0.355 e. The molecule has 18 heavy (non-hydrogen) atoms. The first-order valence-electron chi connectivity index (χ1n) is 6.35. The van der Waals surface area contributed by atoms with Crippen molar-refractivity contribution in [2.45, 2.75) is 37.0 Å². The van der Waals surface area contributed by atoms with E-state index in [1.54, 1.807) is 11.8 Å². The second kappa shape index (κ2) is 8.16. The fraction of sp³-hybridized carbons (Fsp3) is 0.500. The van der Waals surface area contributed by atoms with Crippen molar-refractivity contribution in [3.05, 3.63) is 29.8 Å². The SMILES string of the molecule is CCCNC(=O)C(C)Sc1cccc(CNC)c1. The molecule has 1 atom stereocenters. The number of nitrogens with one attached hydrogen (secondary N) is 2. The lowest BCUT2D eigenvalue weighted by Crippen LogP contribution is -2.31. The van der Waals surface area contributed by atoms with Gasteiger partial charge in [0.15, 0.2) is 0 Å². The molecule has 0 fully saturated rings. The van der Waals surface area contributed by atoms with Crippen LogP contribution in [0.25, 0.3) is 0 Å². The zero-order valence-corrected chi connectivity index (χ0v) is 12.1. The van der Waals surface area contributed by atoms with Gasteiger partial charge in [0.25, 0.3) is 0 Å². The molecule has 0 aliphatic carbocycles. The van der Waals surface area contributed by atoms with Crippen LogP contribution in [-0.4, -0.2) is 24.7 Å². The van der Waals surface area contributed by atoms with Crippen LogP contribution >= 0.6 is 11.8 Å². The van der Waals surface area contributed by atoms with E-state index in [9.17, 15) is 4.79 Å². The summed E-state index contributed by atoms with van der Waals surface area (Å²) >= 11 is 1.60. The van der Waals surface area contributed by atoms with Crippen LogP contribution in [0.15, 0.2) is 29.2 Å². The minimum atomic E-state index is -0.0543. The molecule has 0 heterocycles. The van der Waals surface area contributed by atoms with Crippen molar-refractivity contribution < 1.29 is 4.79 Å². The molecule has 0 spiro atoms. The van der Waals surface area contributed by atoms with Gasteiger partial charge in [-0.05, 0) is 38.1 Å². The molecule has 1 amide bonds. The topological polar surface area (TPSA) is 41.1 Å². The molecule has 1 aromatic rings. The molecule has 0 saturated heterocycles. The molecule has 0 bridgehead atoms. The Kier molecular flexibility index (Phi) is 6.83. The second-order valence-electron chi connectivity index (χ2n) is 4.23. The van der Waals surface area contributed by atoms with Gasteiger partial charge in [0.05, 0.1) is 5.25 Å². The van der Waals surface area contributed by atoms with Crippen molar-refractivity contribution >= 4 is 17.7 Å². The molecular formula is C14H22N2OS. The van der Waals surface area contributed by atoms with E-state index in [1.807, 2.05) is 26.1 Å². The summed E-state index contributed by atoms with van der Waals surface area (Å²) in [6, 6.07) is 8.30. The molecule has 0 aromatic heterocycles. The number of hydrogen-bond donors (Lipinski definition) is 2. The molecule has 100 valence electrons. The summed E-state index contributed by atoms with van der Waals surface area (Å²) in [6.45, 7) is 5.61. The summed E-state index contributed by atoms with van der Waals surface area (Å²) < 4.78 is 0. The van der Waals surface area contributed by atoms with Crippen molar-refractivity contribution in [2.75, 3.05) is 13.6 Å². The Morgan fingerprint density at radius 1 is 1.44 bits per heavy atom. The first-order valence-corrected chi connectivity index (χ1v) is 7.23. The second-order valence-corrected chi connectivity index (χ2v) is 5.64. The Hall–Kier alpha value is -1.00. The van der Waals surface area contributed by atoms with Gasteiger partial charge in [0.1, 0.15) is 0 Å². The summed E-state index contributed by atoms with van der Waals surface area (Å²) in [5, 5.41) is 5.99. The molecule has 3 nitrogen and oxygen atoms in total. The average molecular weight is 266 g/mol. The third-order valence-corrected chi connectivity index (χ3v) is 3.60. The highest BCUT2D eigenvalue weighted by Gasteiger charge is 2.13. The van der Waals surface area contributed by atoms with Crippen LogP contribution < -0.4 is 10.6 Å². The molecule has 2 N–H and O–H groups in total. The van der Waals surface area contributed by atoms with Crippen molar-refractivity contribution in [3.8, 4) is 0 Å². The predicted octanol–water partition coefficient (Wildman–Crippen LogP) is 2.41. The average Bonchev–Trinajstić information content (AvgIpc) is 2.36. The fourth-order valence-corrected chi connectivity index (χ4v) is 2.56. The number of carbonyl (C=O) groups excluding carboxylic acids is 1. The molecule has 0 aliphatic heterocycles. The first-order chi connectivity index (χ1) is 8.67. The minimum absolute atomic E-state index is 0.0543. The molecule has 1 rings (SSSR count). The number of rotatable bonds is 7. The Morgan fingerprint density at radius 2 is 2.22 bits per heavy atom. The fourth-order valence-electron chi connectivity index (χ4n) is 1.58. The Balaban J connectivity index is 2.55. The number of amides is 1. The highest BCUT2D eigenvalue weighted by molar-refractivity contribution is 8.00. The molecule has 0 aliphatic rings. The normalized spacial score (nSPS) is 12.2. The molecule has 0 saturated carbocycles. The summed E-state index contributed by atoms with van der Waals surface area (Å²) in [7, 11) is 1.93. The van der Waals surface area contributed by atoms with E-state index in [2.05, 4.69) is 29.7 Å². The quantitative estimate of drug-likeness (QED) is 0.745. The largest absolute Gasteiger partial charge is 0.355 e. The molecule has 1 unspecified atom stereocenters. The van der Waals surface area contributed by atoms with Crippen LogP contribution in [0.3, 0.4) is 0 Å². The van der Waals surface area contributed by atoms with Crippen molar-refractivity contribution in [1.29, 1.82) is 0 Å². The van der Waals surface area contributed by atoms with Crippen LogP contribution in [0, 0.1) is 0 Å². The van der Waals surface area contributed by atoms with Gasteiger partial charge in [-0.3, -0.25) is 4.79 Å². The molecule has 0 radical (unpaired) electrons. The number of benzene rings is 1. The third kappa shape index (κ3) is 5.10. The van der Waals surface area contributed by atoms with Gasteiger partial charge in [-0.15, -0.1) is 11.8 Å². The molecular weight excluding hydrogens is 244 g/mol. The van der Waals surface area contributed by atoms with Gasteiger partial charge in [0, 0.05) is 18.0 Å². The van der Waals surface area contributed by atoms with Crippen LogP contribution in [0.1, 0.15) is 25.8 Å². The highest BCUT2D eigenvalue weighted by atomic mass is 32.2. The highest BCUT2D eigenvalue weighted by Crippen LogP contribution is 2.24. The van der Waals surface area contributed by atoms with Gasteiger partial charge < -0.3 is 10.6 Å². The van der Waals surface area contributed by atoms with Crippen molar-refractivity contribution in [3.63, 3.8) is 0 Å². The van der Waals surface area contributed by atoms with E-state index >= 15 is 0 Å².